The SMILES string of the molecule is C[C@@H](NC(=O)C1[C@H]2CCC[C@@H]12)c1cn(-c2ccccc2)nn1. The summed E-state index contributed by atoms with van der Waals surface area (Å²) in [6.07, 6.45) is 5.62. The highest BCUT2D eigenvalue weighted by Crippen LogP contribution is 2.57. The van der Waals surface area contributed by atoms with Gasteiger partial charge in [-0.15, -0.1) is 5.10 Å². The first kappa shape index (κ1) is 13.5. The lowest BCUT2D eigenvalue weighted by Gasteiger charge is -2.11. The summed E-state index contributed by atoms with van der Waals surface area (Å²) in [6.45, 7) is 1.97. The molecule has 0 spiro atoms. The molecule has 1 aromatic carbocycles. The Labute approximate surface area is 129 Å². The van der Waals surface area contributed by atoms with Gasteiger partial charge in [-0.3, -0.25) is 4.79 Å². The summed E-state index contributed by atoms with van der Waals surface area (Å²) < 4.78 is 1.74. The van der Waals surface area contributed by atoms with Crippen LogP contribution in [0.4, 0.5) is 0 Å². The Morgan fingerprint density at radius 2 is 2.00 bits per heavy atom. The Hall–Kier alpha value is -2.17. The highest BCUT2D eigenvalue weighted by atomic mass is 16.2. The molecule has 2 aliphatic carbocycles. The lowest BCUT2D eigenvalue weighted by Crippen LogP contribution is -2.29. The van der Waals surface area contributed by atoms with Crippen molar-refractivity contribution < 1.29 is 4.79 Å². The van der Waals surface area contributed by atoms with E-state index in [0.717, 1.165) is 11.4 Å². The zero-order valence-electron chi connectivity index (χ0n) is 12.6. The highest BCUT2D eigenvalue weighted by Gasteiger charge is 2.56. The monoisotopic (exact) mass is 296 g/mol. The zero-order valence-corrected chi connectivity index (χ0v) is 12.6. The number of fused-ring (bicyclic) bond motifs is 1. The smallest absolute Gasteiger partial charge is 0.224 e. The second-order valence-corrected chi connectivity index (χ2v) is 6.44. The standard InChI is InChI=1S/C17H20N4O/c1-11(18-17(22)16-13-8-5-9-14(13)16)15-10-21(20-19-15)12-6-3-2-4-7-12/h2-4,6-7,10-11,13-14,16H,5,8-9H2,1H3,(H,18,22)/t11-,13-,14+,16?/m1/s1. The van der Waals surface area contributed by atoms with Crippen molar-refractivity contribution in [1.82, 2.24) is 20.3 Å². The number of carbonyl (C=O) groups excluding carboxylic acids is 1. The number of para-hydroxylation sites is 1. The molecule has 0 radical (unpaired) electrons. The maximum atomic E-state index is 12.3. The van der Waals surface area contributed by atoms with Crippen LogP contribution < -0.4 is 5.32 Å². The topological polar surface area (TPSA) is 59.8 Å². The van der Waals surface area contributed by atoms with Gasteiger partial charge in [-0.2, -0.15) is 0 Å². The summed E-state index contributed by atoms with van der Waals surface area (Å²) in [5.41, 5.74) is 1.76. The van der Waals surface area contributed by atoms with Gasteiger partial charge in [0.25, 0.3) is 0 Å². The van der Waals surface area contributed by atoms with E-state index in [2.05, 4.69) is 15.6 Å². The normalized spacial score (nSPS) is 27.2. The molecule has 0 bridgehead atoms. The Morgan fingerprint density at radius 3 is 2.73 bits per heavy atom. The third-order valence-electron chi connectivity index (χ3n) is 5.04. The van der Waals surface area contributed by atoms with Crippen molar-refractivity contribution in [2.45, 2.75) is 32.2 Å². The van der Waals surface area contributed by atoms with Crippen LogP contribution >= 0.6 is 0 Å². The van der Waals surface area contributed by atoms with E-state index in [9.17, 15) is 4.79 Å². The fraction of sp³-hybridized carbons (Fsp3) is 0.471. The lowest BCUT2D eigenvalue weighted by molar-refractivity contribution is -0.123. The van der Waals surface area contributed by atoms with Crippen molar-refractivity contribution >= 4 is 5.91 Å². The molecule has 4 rings (SSSR count). The maximum absolute atomic E-state index is 12.3. The highest BCUT2D eigenvalue weighted by molar-refractivity contribution is 5.82. The van der Waals surface area contributed by atoms with Crippen molar-refractivity contribution in [3.63, 3.8) is 0 Å². The predicted molar refractivity (Wildman–Crippen MR) is 82.2 cm³/mol. The molecule has 1 unspecified atom stereocenters. The van der Waals surface area contributed by atoms with Crippen LogP contribution in [0.25, 0.3) is 5.69 Å². The van der Waals surface area contributed by atoms with Crippen molar-refractivity contribution in [2.24, 2.45) is 17.8 Å². The molecule has 2 fully saturated rings. The second-order valence-electron chi connectivity index (χ2n) is 6.44. The number of nitrogens with one attached hydrogen (secondary N) is 1. The van der Waals surface area contributed by atoms with E-state index < -0.39 is 0 Å². The van der Waals surface area contributed by atoms with Crippen molar-refractivity contribution in [3.8, 4) is 5.69 Å². The first-order chi connectivity index (χ1) is 10.7. The molecule has 5 nitrogen and oxygen atoms in total. The summed E-state index contributed by atoms with van der Waals surface area (Å²) in [6, 6.07) is 9.75. The molecule has 1 N–H and O–H groups in total. The van der Waals surface area contributed by atoms with Crippen LogP contribution in [0.2, 0.25) is 0 Å². The van der Waals surface area contributed by atoms with Crippen LogP contribution in [-0.2, 0) is 4.79 Å². The van der Waals surface area contributed by atoms with Gasteiger partial charge in [0.2, 0.25) is 5.91 Å². The number of hydrogen-bond donors (Lipinski definition) is 1. The number of benzene rings is 1. The molecule has 22 heavy (non-hydrogen) atoms. The van der Waals surface area contributed by atoms with Gasteiger partial charge in [0.15, 0.2) is 0 Å². The van der Waals surface area contributed by atoms with Crippen LogP contribution in [0, 0.1) is 17.8 Å². The van der Waals surface area contributed by atoms with E-state index in [4.69, 9.17) is 0 Å². The van der Waals surface area contributed by atoms with Gasteiger partial charge in [0, 0.05) is 5.92 Å². The Bertz CT molecular complexity index is 671. The lowest BCUT2D eigenvalue weighted by atomic mass is 10.1. The minimum Gasteiger partial charge on any atom is -0.348 e. The molecule has 2 aromatic rings. The van der Waals surface area contributed by atoms with Crippen LogP contribution in [-0.4, -0.2) is 20.9 Å². The van der Waals surface area contributed by atoms with Gasteiger partial charge in [0.05, 0.1) is 17.9 Å². The summed E-state index contributed by atoms with van der Waals surface area (Å²) in [7, 11) is 0. The van der Waals surface area contributed by atoms with Gasteiger partial charge >= 0.3 is 0 Å². The van der Waals surface area contributed by atoms with Crippen molar-refractivity contribution in [1.29, 1.82) is 0 Å². The minimum atomic E-state index is -0.105. The van der Waals surface area contributed by atoms with Gasteiger partial charge in [-0.25, -0.2) is 4.68 Å². The molecule has 2 saturated carbocycles. The predicted octanol–water partition coefficient (Wildman–Crippen LogP) is 2.49. The fourth-order valence-corrected chi connectivity index (χ4v) is 3.78. The van der Waals surface area contributed by atoms with Gasteiger partial charge < -0.3 is 5.32 Å². The van der Waals surface area contributed by atoms with Crippen LogP contribution in [0.1, 0.15) is 37.9 Å². The molecule has 2 aliphatic rings. The molecular formula is C17H20N4O. The molecule has 5 heteroatoms. The third-order valence-corrected chi connectivity index (χ3v) is 5.04. The molecule has 0 saturated heterocycles. The molecule has 1 aromatic heterocycles. The van der Waals surface area contributed by atoms with Crippen LogP contribution in [0.15, 0.2) is 36.5 Å². The van der Waals surface area contributed by atoms with E-state index in [-0.39, 0.29) is 17.9 Å². The summed E-state index contributed by atoms with van der Waals surface area (Å²) in [5.74, 6) is 1.73. The van der Waals surface area contributed by atoms with Crippen molar-refractivity contribution in [2.75, 3.05) is 0 Å². The minimum absolute atomic E-state index is 0.105. The van der Waals surface area contributed by atoms with E-state index in [1.807, 2.05) is 43.5 Å². The molecule has 0 aliphatic heterocycles. The number of rotatable bonds is 4. The maximum Gasteiger partial charge on any atom is 0.224 e. The zero-order chi connectivity index (χ0) is 15.1. The van der Waals surface area contributed by atoms with Gasteiger partial charge in [0.1, 0.15) is 5.69 Å². The summed E-state index contributed by atoms with van der Waals surface area (Å²) in [5, 5.41) is 11.4. The first-order valence-electron chi connectivity index (χ1n) is 8.02. The van der Waals surface area contributed by atoms with E-state index >= 15 is 0 Å². The number of carbonyl (C=O) groups is 1. The second kappa shape index (κ2) is 5.23. The summed E-state index contributed by atoms with van der Waals surface area (Å²) >= 11 is 0. The number of hydrogen-bond acceptors (Lipinski definition) is 3. The van der Waals surface area contributed by atoms with E-state index in [1.54, 1.807) is 4.68 Å². The third kappa shape index (κ3) is 2.30. The van der Waals surface area contributed by atoms with Crippen molar-refractivity contribution in [3.05, 3.63) is 42.2 Å². The van der Waals surface area contributed by atoms with Crippen LogP contribution in [0.3, 0.4) is 0 Å². The first-order valence-corrected chi connectivity index (χ1v) is 8.02. The van der Waals surface area contributed by atoms with Crippen LogP contribution in [0.5, 0.6) is 0 Å². The largest absolute Gasteiger partial charge is 0.348 e. The molecule has 114 valence electrons. The quantitative estimate of drug-likeness (QED) is 0.943. The number of amides is 1. The Kier molecular flexibility index (Phi) is 3.21. The Balaban J connectivity index is 1.42. The van der Waals surface area contributed by atoms with E-state index in [0.29, 0.717) is 11.8 Å². The number of aromatic nitrogens is 3. The van der Waals surface area contributed by atoms with Gasteiger partial charge in [-0.1, -0.05) is 29.8 Å². The fourth-order valence-electron chi connectivity index (χ4n) is 3.78. The Morgan fingerprint density at radius 1 is 1.27 bits per heavy atom. The molecule has 4 atom stereocenters. The molecule has 1 amide bonds. The van der Waals surface area contributed by atoms with Gasteiger partial charge in [-0.05, 0) is 43.7 Å². The molecule has 1 heterocycles. The summed E-state index contributed by atoms with van der Waals surface area (Å²) in [4.78, 5) is 12.3. The molecular weight excluding hydrogens is 276 g/mol. The van der Waals surface area contributed by atoms with E-state index in [1.165, 1.54) is 19.3 Å². The number of nitrogens with zero attached hydrogens (tertiary/aromatic N) is 3. The average molecular weight is 296 g/mol. The average Bonchev–Trinajstić information content (AvgIpc) is 2.95.